The molecule has 0 unspecified atom stereocenters. The molecule has 0 aliphatic heterocycles. The third kappa shape index (κ3) is 4.67. The molecule has 1 aromatic heterocycles. The smallest absolute Gasteiger partial charge is 0.166 e. The molecule has 0 bridgehead atoms. The Morgan fingerprint density at radius 2 is 2.00 bits per heavy atom. The molecular weight excluding hydrogens is 238 g/mol. The molecule has 4 nitrogen and oxygen atoms in total. The van der Waals surface area contributed by atoms with Crippen LogP contribution in [0.1, 0.15) is 24.7 Å². The first-order chi connectivity index (χ1) is 9.38. The van der Waals surface area contributed by atoms with Crippen LogP contribution in [0.15, 0.2) is 42.7 Å². The lowest BCUT2D eigenvalue weighted by Crippen LogP contribution is -2.13. The highest BCUT2D eigenvalue weighted by Gasteiger charge is 1.99. The molecule has 0 fully saturated rings. The average Bonchev–Trinajstić information content (AvgIpc) is 2.47. The number of benzene rings is 1. The maximum Gasteiger partial charge on any atom is 0.166 e. The van der Waals surface area contributed by atoms with Gasteiger partial charge in [0, 0.05) is 18.9 Å². The predicted molar refractivity (Wildman–Crippen MR) is 74.8 cm³/mol. The van der Waals surface area contributed by atoms with E-state index in [4.69, 9.17) is 4.74 Å². The van der Waals surface area contributed by atoms with Crippen molar-refractivity contribution in [2.75, 3.05) is 6.54 Å². The van der Waals surface area contributed by atoms with E-state index in [0.29, 0.717) is 12.4 Å². The van der Waals surface area contributed by atoms with Crippen molar-refractivity contribution in [3.63, 3.8) is 0 Å². The topological polar surface area (TPSA) is 47.0 Å². The standard InChI is InChI=1S/C15H19N3O/c1-2-7-16-11-13-5-3-6-14(10-13)19-12-15-17-8-4-9-18-15/h3-6,8-10,16H,2,7,11-12H2,1H3. The van der Waals surface area contributed by atoms with E-state index in [-0.39, 0.29) is 0 Å². The molecule has 0 radical (unpaired) electrons. The van der Waals surface area contributed by atoms with Crippen molar-refractivity contribution in [3.05, 3.63) is 54.1 Å². The van der Waals surface area contributed by atoms with Crippen molar-refractivity contribution in [1.29, 1.82) is 0 Å². The van der Waals surface area contributed by atoms with E-state index in [1.807, 2.05) is 18.2 Å². The van der Waals surface area contributed by atoms with Gasteiger partial charge >= 0.3 is 0 Å². The fraction of sp³-hybridized carbons (Fsp3) is 0.333. The van der Waals surface area contributed by atoms with E-state index < -0.39 is 0 Å². The van der Waals surface area contributed by atoms with E-state index in [9.17, 15) is 0 Å². The summed E-state index contributed by atoms with van der Waals surface area (Å²) in [6.45, 7) is 4.45. The second-order valence-corrected chi connectivity index (χ2v) is 4.28. The molecule has 0 saturated carbocycles. The van der Waals surface area contributed by atoms with Gasteiger partial charge in [0.15, 0.2) is 5.82 Å². The number of ether oxygens (including phenoxy) is 1. The van der Waals surface area contributed by atoms with Gasteiger partial charge in [-0.2, -0.15) is 0 Å². The third-order valence-electron chi connectivity index (χ3n) is 2.64. The van der Waals surface area contributed by atoms with Crippen molar-refractivity contribution in [2.45, 2.75) is 26.5 Å². The van der Waals surface area contributed by atoms with Crippen LogP contribution in [0, 0.1) is 0 Å². The van der Waals surface area contributed by atoms with Gasteiger partial charge < -0.3 is 10.1 Å². The quantitative estimate of drug-likeness (QED) is 0.774. The third-order valence-corrected chi connectivity index (χ3v) is 2.64. The molecule has 0 amide bonds. The number of nitrogens with one attached hydrogen (secondary N) is 1. The van der Waals surface area contributed by atoms with E-state index in [0.717, 1.165) is 25.3 Å². The minimum atomic E-state index is 0.396. The molecule has 2 aromatic rings. The van der Waals surface area contributed by atoms with Crippen molar-refractivity contribution in [2.24, 2.45) is 0 Å². The molecule has 0 aliphatic rings. The molecule has 1 heterocycles. The highest BCUT2D eigenvalue weighted by molar-refractivity contribution is 5.28. The molecule has 2 rings (SSSR count). The maximum atomic E-state index is 5.69. The first-order valence-electron chi connectivity index (χ1n) is 6.57. The Bertz CT molecular complexity index is 488. The summed E-state index contributed by atoms with van der Waals surface area (Å²) in [6.07, 6.45) is 4.58. The predicted octanol–water partition coefficient (Wildman–Crippen LogP) is 2.56. The zero-order valence-electron chi connectivity index (χ0n) is 11.2. The summed E-state index contributed by atoms with van der Waals surface area (Å²) in [5.41, 5.74) is 1.22. The molecule has 0 spiro atoms. The van der Waals surface area contributed by atoms with Gasteiger partial charge in [-0.1, -0.05) is 19.1 Å². The summed E-state index contributed by atoms with van der Waals surface area (Å²) in [4.78, 5) is 8.26. The number of nitrogens with zero attached hydrogens (tertiary/aromatic N) is 2. The average molecular weight is 257 g/mol. The van der Waals surface area contributed by atoms with Gasteiger partial charge in [0.05, 0.1) is 0 Å². The zero-order valence-corrected chi connectivity index (χ0v) is 11.2. The molecule has 0 aliphatic carbocycles. The zero-order chi connectivity index (χ0) is 13.3. The molecular formula is C15H19N3O. The maximum absolute atomic E-state index is 5.69. The van der Waals surface area contributed by atoms with Crippen LogP contribution in [0.5, 0.6) is 5.75 Å². The molecule has 4 heteroatoms. The van der Waals surface area contributed by atoms with Crippen LogP contribution in [0.25, 0.3) is 0 Å². The van der Waals surface area contributed by atoms with Gasteiger partial charge in [0.25, 0.3) is 0 Å². The van der Waals surface area contributed by atoms with Crippen LogP contribution in [0.2, 0.25) is 0 Å². The Hall–Kier alpha value is -1.94. The molecule has 1 N–H and O–H groups in total. The molecule has 19 heavy (non-hydrogen) atoms. The first-order valence-corrected chi connectivity index (χ1v) is 6.57. The molecule has 1 aromatic carbocycles. The summed E-state index contributed by atoms with van der Waals surface area (Å²) in [5.74, 6) is 1.54. The normalized spacial score (nSPS) is 10.4. The highest BCUT2D eigenvalue weighted by atomic mass is 16.5. The Labute approximate surface area is 113 Å². The SMILES string of the molecule is CCCNCc1cccc(OCc2ncccn2)c1. The van der Waals surface area contributed by atoms with Crippen molar-refractivity contribution in [1.82, 2.24) is 15.3 Å². The van der Waals surface area contributed by atoms with Crippen LogP contribution >= 0.6 is 0 Å². The Morgan fingerprint density at radius 1 is 1.16 bits per heavy atom. The lowest BCUT2D eigenvalue weighted by molar-refractivity contribution is 0.295. The summed E-state index contributed by atoms with van der Waals surface area (Å²) in [5, 5.41) is 3.37. The number of hydrogen-bond donors (Lipinski definition) is 1. The number of hydrogen-bond acceptors (Lipinski definition) is 4. The van der Waals surface area contributed by atoms with Gasteiger partial charge in [-0.3, -0.25) is 0 Å². The van der Waals surface area contributed by atoms with E-state index >= 15 is 0 Å². The second-order valence-electron chi connectivity index (χ2n) is 4.28. The molecule has 0 saturated heterocycles. The summed E-state index contributed by atoms with van der Waals surface area (Å²) in [7, 11) is 0. The van der Waals surface area contributed by atoms with Crippen molar-refractivity contribution >= 4 is 0 Å². The monoisotopic (exact) mass is 257 g/mol. The minimum Gasteiger partial charge on any atom is -0.486 e. The lowest BCUT2D eigenvalue weighted by atomic mass is 10.2. The summed E-state index contributed by atoms with van der Waals surface area (Å²) >= 11 is 0. The van der Waals surface area contributed by atoms with Crippen LogP contribution in [-0.4, -0.2) is 16.5 Å². The van der Waals surface area contributed by atoms with Gasteiger partial charge in [-0.25, -0.2) is 9.97 Å². The van der Waals surface area contributed by atoms with E-state index in [2.05, 4.69) is 28.3 Å². The Morgan fingerprint density at radius 3 is 2.79 bits per heavy atom. The molecule has 100 valence electrons. The van der Waals surface area contributed by atoms with Gasteiger partial charge in [0.2, 0.25) is 0 Å². The highest BCUT2D eigenvalue weighted by Crippen LogP contribution is 2.14. The summed E-state index contributed by atoms with van der Waals surface area (Å²) < 4.78 is 5.69. The van der Waals surface area contributed by atoms with Gasteiger partial charge in [-0.15, -0.1) is 0 Å². The van der Waals surface area contributed by atoms with Crippen LogP contribution in [-0.2, 0) is 13.2 Å². The lowest BCUT2D eigenvalue weighted by Gasteiger charge is -2.08. The fourth-order valence-electron chi connectivity index (χ4n) is 1.71. The van der Waals surface area contributed by atoms with Gasteiger partial charge in [-0.05, 0) is 36.7 Å². The largest absolute Gasteiger partial charge is 0.486 e. The van der Waals surface area contributed by atoms with E-state index in [1.54, 1.807) is 18.5 Å². The van der Waals surface area contributed by atoms with Crippen molar-refractivity contribution in [3.8, 4) is 5.75 Å². The molecule has 0 atom stereocenters. The van der Waals surface area contributed by atoms with Gasteiger partial charge in [0.1, 0.15) is 12.4 Å². The summed E-state index contributed by atoms with van der Waals surface area (Å²) in [6, 6.07) is 9.89. The van der Waals surface area contributed by atoms with Crippen LogP contribution in [0.3, 0.4) is 0 Å². The van der Waals surface area contributed by atoms with E-state index in [1.165, 1.54) is 5.56 Å². The Kier molecular flexibility index (Phi) is 5.31. The van der Waals surface area contributed by atoms with Crippen LogP contribution < -0.4 is 10.1 Å². The fourth-order valence-corrected chi connectivity index (χ4v) is 1.71. The minimum absolute atomic E-state index is 0.396. The van der Waals surface area contributed by atoms with Crippen molar-refractivity contribution < 1.29 is 4.74 Å². The number of aromatic nitrogens is 2. The van der Waals surface area contributed by atoms with Crippen LogP contribution in [0.4, 0.5) is 0 Å². The Balaban J connectivity index is 1.88. The second kappa shape index (κ2) is 7.48. The number of rotatable bonds is 7. The first kappa shape index (κ1) is 13.5.